The van der Waals surface area contributed by atoms with Crippen molar-refractivity contribution >= 4 is 17.6 Å². The van der Waals surface area contributed by atoms with Crippen LogP contribution in [0.4, 0.5) is 14.5 Å². The molecule has 0 saturated carbocycles. The van der Waals surface area contributed by atoms with Gasteiger partial charge in [0.05, 0.1) is 0 Å². The van der Waals surface area contributed by atoms with E-state index < -0.39 is 42.4 Å². The van der Waals surface area contributed by atoms with Crippen LogP contribution in [0.15, 0.2) is 36.4 Å². The predicted octanol–water partition coefficient (Wildman–Crippen LogP) is 3.24. The number of rotatable bonds is 6. The first-order chi connectivity index (χ1) is 13.2. The molecule has 2 aromatic rings. The number of fused-ring (bicyclic) bond motifs is 1. The lowest BCUT2D eigenvalue weighted by Crippen LogP contribution is -2.25. The van der Waals surface area contributed by atoms with Crippen molar-refractivity contribution in [1.82, 2.24) is 0 Å². The van der Waals surface area contributed by atoms with Gasteiger partial charge in [-0.25, -0.2) is 13.6 Å². The fourth-order valence-electron chi connectivity index (χ4n) is 2.82. The van der Waals surface area contributed by atoms with Gasteiger partial charge in [-0.3, -0.25) is 4.79 Å². The zero-order valence-electron chi connectivity index (χ0n) is 15.4. The summed E-state index contributed by atoms with van der Waals surface area (Å²) >= 11 is 0. The van der Waals surface area contributed by atoms with Crippen LogP contribution in [0, 0.1) is 11.6 Å². The number of benzene rings is 2. The van der Waals surface area contributed by atoms with Crippen molar-refractivity contribution in [3.63, 3.8) is 0 Å². The summed E-state index contributed by atoms with van der Waals surface area (Å²) in [4.78, 5) is 23.6. The molecule has 0 atom stereocenters. The third kappa shape index (κ3) is 4.57. The van der Waals surface area contributed by atoms with Crippen LogP contribution >= 0.6 is 0 Å². The Morgan fingerprint density at radius 2 is 1.79 bits per heavy atom. The van der Waals surface area contributed by atoms with Crippen LogP contribution in [0.3, 0.4) is 0 Å². The largest absolute Gasteiger partial charge is 0.483 e. The summed E-state index contributed by atoms with van der Waals surface area (Å²) in [5.41, 5.74) is 0.0177. The standard InChI is InChI=1S/C20H19F2NO5/c1-20(2)9-12-5-3-8-15(19(12)28-20)26-11-17(25)27-10-16(24)23-18-13(21)6-4-7-14(18)22/h3-8H,9-11H2,1-2H3,(H,23,24). The number of amides is 1. The minimum absolute atomic E-state index is 0.359. The second-order valence-electron chi connectivity index (χ2n) is 6.88. The molecule has 0 spiro atoms. The van der Waals surface area contributed by atoms with Gasteiger partial charge in [0.2, 0.25) is 0 Å². The van der Waals surface area contributed by atoms with Gasteiger partial charge in [-0.05, 0) is 32.0 Å². The van der Waals surface area contributed by atoms with Crippen molar-refractivity contribution in [3.05, 3.63) is 53.6 Å². The van der Waals surface area contributed by atoms with Crippen LogP contribution in [0.2, 0.25) is 0 Å². The first-order valence-corrected chi connectivity index (χ1v) is 8.58. The van der Waals surface area contributed by atoms with Crippen molar-refractivity contribution in [3.8, 4) is 11.5 Å². The van der Waals surface area contributed by atoms with Crippen LogP contribution in [0.1, 0.15) is 19.4 Å². The van der Waals surface area contributed by atoms with Gasteiger partial charge < -0.3 is 19.5 Å². The highest BCUT2D eigenvalue weighted by Crippen LogP contribution is 2.41. The molecule has 0 bridgehead atoms. The van der Waals surface area contributed by atoms with Gasteiger partial charge in [0, 0.05) is 12.0 Å². The quantitative estimate of drug-likeness (QED) is 0.766. The Kier molecular flexibility index (Phi) is 5.48. The van der Waals surface area contributed by atoms with E-state index in [9.17, 15) is 18.4 Å². The topological polar surface area (TPSA) is 73.9 Å². The monoisotopic (exact) mass is 391 g/mol. The maximum atomic E-state index is 13.5. The average molecular weight is 391 g/mol. The summed E-state index contributed by atoms with van der Waals surface area (Å²) in [6.07, 6.45) is 0.719. The Morgan fingerprint density at radius 1 is 1.11 bits per heavy atom. The zero-order valence-corrected chi connectivity index (χ0v) is 15.4. The van der Waals surface area contributed by atoms with Crippen LogP contribution < -0.4 is 14.8 Å². The lowest BCUT2D eigenvalue weighted by atomic mass is 10.0. The van der Waals surface area contributed by atoms with Crippen LogP contribution in [0.25, 0.3) is 0 Å². The van der Waals surface area contributed by atoms with Crippen molar-refractivity contribution < 1.29 is 32.6 Å². The fourth-order valence-corrected chi connectivity index (χ4v) is 2.82. The number of esters is 1. The van der Waals surface area contributed by atoms with E-state index in [1.165, 1.54) is 6.07 Å². The summed E-state index contributed by atoms with van der Waals surface area (Å²) in [5, 5.41) is 2.02. The summed E-state index contributed by atoms with van der Waals surface area (Å²) in [6.45, 7) is 2.75. The molecule has 8 heteroatoms. The van der Waals surface area contributed by atoms with Gasteiger partial charge >= 0.3 is 5.97 Å². The number of hydrogen-bond donors (Lipinski definition) is 1. The molecule has 148 valence electrons. The molecule has 1 aliphatic heterocycles. The van der Waals surface area contributed by atoms with Crippen LogP contribution in [-0.2, 0) is 20.7 Å². The Morgan fingerprint density at radius 3 is 2.50 bits per heavy atom. The number of ether oxygens (including phenoxy) is 3. The van der Waals surface area contributed by atoms with E-state index >= 15 is 0 Å². The van der Waals surface area contributed by atoms with Crippen LogP contribution in [0.5, 0.6) is 11.5 Å². The number of anilines is 1. The van der Waals surface area contributed by atoms with Gasteiger partial charge in [0.25, 0.3) is 5.91 Å². The van der Waals surface area contributed by atoms with Crippen molar-refractivity contribution in [2.45, 2.75) is 25.9 Å². The lowest BCUT2D eigenvalue weighted by molar-refractivity contribution is -0.149. The Bertz CT molecular complexity index is 893. The normalized spacial score (nSPS) is 14.0. The molecule has 0 aromatic heterocycles. The molecule has 0 fully saturated rings. The number of carbonyl (C=O) groups is 2. The lowest BCUT2D eigenvalue weighted by Gasteiger charge is -2.18. The Labute approximate surface area is 160 Å². The fraction of sp³-hybridized carbons (Fsp3) is 0.300. The van der Waals surface area contributed by atoms with Gasteiger partial charge in [0.1, 0.15) is 22.9 Å². The highest BCUT2D eigenvalue weighted by atomic mass is 19.1. The summed E-state index contributed by atoms with van der Waals surface area (Å²) < 4.78 is 43.0. The first-order valence-electron chi connectivity index (χ1n) is 8.58. The smallest absolute Gasteiger partial charge is 0.344 e. The molecule has 28 heavy (non-hydrogen) atoms. The number of halogens is 2. The highest BCUT2D eigenvalue weighted by Gasteiger charge is 2.32. The zero-order chi connectivity index (χ0) is 20.3. The molecule has 3 rings (SSSR count). The van der Waals surface area contributed by atoms with E-state index in [1.807, 2.05) is 25.2 Å². The Balaban J connectivity index is 1.50. The second kappa shape index (κ2) is 7.84. The summed E-state index contributed by atoms with van der Waals surface area (Å²) in [7, 11) is 0. The van der Waals surface area contributed by atoms with E-state index in [1.54, 1.807) is 12.1 Å². The minimum atomic E-state index is -0.927. The van der Waals surface area contributed by atoms with Gasteiger partial charge in [0.15, 0.2) is 24.7 Å². The molecule has 6 nitrogen and oxygen atoms in total. The third-order valence-corrected chi connectivity index (χ3v) is 3.99. The van der Waals surface area contributed by atoms with Crippen molar-refractivity contribution in [1.29, 1.82) is 0 Å². The summed E-state index contributed by atoms with van der Waals surface area (Å²) in [6, 6.07) is 8.55. The van der Waals surface area contributed by atoms with Crippen molar-refractivity contribution in [2.75, 3.05) is 18.5 Å². The molecule has 0 saturated heterocycles. The Hall–Kier alpha value is -3.16. The SMILES string of the molecule is CC1(C)Cc2cccc(OCC(=O)OCC(=O)Nc3c(F)cccc3F)c2O1. The third-order valence-electron chi connectivity index (χ3n) is 3.99. The van der Waals surface area contributed by atoms with Gasteiger partial charge in [-0.15, -0.1) is 0 Å². The van der Waals surface area contributed by atoms with E-state index in [2.05, 4.69) is 0 Å². The summed E-state index contributed by atoms with van der Waals surface area (Å²) in [5.74, 6) is -2.55. The van der Waals surface area contributed by atoms with E-state index in [-0.39, 0.29) is 5.60 Å². The number of nitrogens with one attached hydrogen (secondary N) is 1. The molecule has 1 N–H and O–H groups in total. The minimum Gasteiger partial charge on any atom is -0.483 e. The molecular weight excluding hydrogens is 372 g/mol. The van der Waals surface area contributed by atoms with Gasteiger partial charge in [-0.2, -0.15) is 0 Å². The molecule has 0 aliphatic carbocycles. The van der Waals surface area contributed by atoms with Gasteiger partial charge in [-0.1, -0.05) is 18.2 Å². The number of para-hydroxylation sites is 2. The highest BCUT2D eigenvalue weighted by molar-refractivity contribution is 5.93. The molecule has 2 aromatic carbocycles. The molecule has 1 heterocycles. The number of carbonyl (C=O) groups excluding carboxylic acids is 2. The molecule has 1 amide bonds. The van der Waals surface area contributed by atoms with E-state index in [4.69, 9.17) is 14.2 Å². The van der Waals surface area contributed by atoms with Crippen LogP contribution in [-0.4, -0.2) is 30.7 Å². The predicted molar refractivity (Wildman–Crippen MR) is 96.3 cm³/mol. The first kappa shape index (κ1) is 19.6. The molecule has 0 unspecified atom stereocenters. The second-order valence-corrected chi connectivity index (χ2v) is 6.88. The maximum absolute atomic E-state index is 13.5. The average Bonchev–Trinajstić information content (AvgIpc) is 2.95. The van der Waals surface area contributed by atoms with E-state index in [0.717, 1.165) is 24.1 Å². The maximum Gasteiger partial charge on any atom is 0.344 e. The number of hydrogen-bond acceptors (Lipinski definition) is 5. The molecular formula is C20H19F2NO5. The van der Waals surface area contributed by atoms with E-state index in [0.29, 0.717) is 11.5 Å². The molecule has 1 aliphatic rings. The molecule has 0 radical (unpaired) electrons. The van der Waals surface area contributed by atoms with Crippen molar-refractivity contribution in [2.24, 2.45) is 0 Å².